The Morgan fingerprint density at radius 1 is 1.22 bits per heavy atom. The zero-order chi connectivity index (χ0) is 26.9. The van der Waals surface area contributed by atoms with Crippen molar-refractivity contribution < 1.29 is 39.4 Å². The van der Waals surface area contributed by atoms with Crippen molar-refractivity contribution in [1.82, 2.24) is 29.9 Å². The van der Waals surface area contributed by atoms with Crippen molar-refractivity contribution in [2.75, 3.05) is 6.61 Å². The first-order valence-electron chi connectivity index (χ1n) is 11.6. The molecule has 204 valence electrons. The summed E-state index contributed by atoms with van der Waals surface area (Å²) >= 11 is 0. The van der Waals surface area contributed by atoms with Crippen LogP contribution in [0.5, 0.6) is 0 Å². The lowest BCUT2D eigenvalue weighted by atomic mass is 9.97. The number of rotatable bonds is 8. The summed E-state index contributed by atoms with van der Waals surface area (Å²) in [7, 11) is 0. The number of amides is 1. The van der Waals surface area contributed by atoms with E-state index in [4.69, 9.17) is 14.2 Å². The molecule has 0 radical (unpaired) electrons. The molecular formula is C21H30N6O10. The Bertz CT molecular complexity index is 1210. The SMILES string of the molecule is CC(=O)N[C@H]1[C@@H](OCc2cn(C[C@H]3O[C@@H](n4cc(C)c(=O)[nH]c4=O)C[C@@H]3O)nn2)O[C@H](CO)[C@@H](O)[C@@H]1O. The van der Waals surface area contributed by atoms with Gasteiger partial charge in [0.1, 0.15) is 42.4 Å². The topological polar surface area (TPSA) is 223 Å². The van der Waals surface area contributed by atoms with Gasteiger partial charge in [0.05, 0.1) is 32.1 Å². The number of aromatic nitrogens is 5. The molecule has 2 aliphatic rings. The largest absolute Gasteiger partial charge is 0.394 e. The maximum absolute atomic E-state index is 12.1. The van der Waals surface area contributed by atoms with Crippen molar-refractivity contribution in [3.63, 3.8) is 0 Å². The summed E-state index contributed by atoms with van der Waals surface area (Å²) in [6, 6.07) is -1.09. The number of aromatic amines is 1. The smallest absolute Gasteiger partial charge is 0.330 e. The lowest BCUT2D eigenvalue weighted by Gasteiger charge is -2.42. The predicted octanol–water partition coefficient (Wildman–Crippen LogP) is -3.75. The fourth-order valence-corrected chi connectivity index (χ4v) is 4.31. The van der Waals surface area contributed by atoms with Crippen LogP contribution in [0.1, 0.15) is 30.8 Å². The Morgan fingerprint density at radius 3 is 2.68 bits per heavy atom. The Kier molecular flexibility index (Phi) is 8.17. The molecule has 0 aliphatic carbocycles. The molecular weight excluding hydrogens is 496 g/mol. The van der Waals surface area contributed by atoms with E-state index in [1.165, 1.54) is 28.6 Å². The minimum Gasteiger partial charge on any atom is -0.394 e. The summed E-state index contributed by atoms with van der Waals surface area (Å²) in [5.74, 6) is -0.477. The van der Waals surface area contributed by atoms with Gasteiger partial charge in [-0.2, -0.15) is 0 Å². The average Bonchev–Trinajstić information content (AvgIpc) is 3.45. The standard InChI is InChI=1S/C21H30N6O10/c1-9-4-27(21(34)23-19(9)33)15-3-12(30)13(36-15)6-26-5-11(24-25-26)8-35-20-16(22-10(2)29)18(32)17(31)14(7-28)37-20/h4-5,12-18,20,28,30-32H,3,6-8H2,1-2H3,(H,22,29)(H,23,33,34)/t12-,13+,14+,15+,16+,17+,18+,20-/m0/s1. The lowest BCUT2D eigenvalue weighted by molar-refractivity contribution is -0.273. The molecule has 2 fully saturated rings. The number of aliphatic hydroxyl groups is 4. The van der Waals surface area contributed by atoms with Crippen molar-refractivity contribution in [2.45, 2.75) is 82.5 Å². The van der Waals surface area contributed by atoms with Crippen LogP contribution in [-0.2, 0) is 32.2 Å². The number of H-pyrrole nitrogens is 1. The third-order valence-corrected chi connectivity index (χ3v) is 6.26. The number of nitrogens with one attached hydrogen (secondary N) is 2. The molecule has 6 N–H and O–H groups in total. The fraction of sp³-hybridized carbons (Fsp3) is 0.667. The zero-order valence-corrected chi connectivity index (χ0v) is 20.1. The second-order valence-electron chi connectivity index (χ2n) is 9.09. The number of carbonyl (C=O) groups excluding carboxylic acids is 1. The highest BCUT2D eigenvalue weighted by Crippen LogP contribution is 2.28. The van der Waals surface area contributed by atoms with E-state index in [-0.39, 0.29) is 19.6 Å². The van der Waals surface area contributed by atoms with E-state index < -0.39 is 72.8 Å². The summed E-state index contributed by atoms with van der Waals surface area (Å²) in [5, 5.41) is 50.7. The maximum Gasteiger partial charge on any atom is 0.330 e. The zero-order valence-electron chi connectivity index (χ0n) is 20.1. The second-order valence-corrected chi connectivity index (χ2v) is 9.09. The lowest BCUT2D eigenvalue weighted by Crippen LogP contribution is -2.64. The molecule has 2 aliphatic heterocycles. The first kappa shape index (κ1) is 27.1. The van der Waals surface area contributed by atoms with Gasteiger partial charge in [-0.15, -0.1) is 5.10 Å². The number of hydrogen-bond acceptors (Lipinski definition) is 12. The number of hydrogen-bond donors (Lipinski definition) is 6. The summed E-state index contributed by atoms with van der Waals surface area (Å²) < 4.78 is 19.6. The van der Waals surface area contributed by atoms with Crippen molar-refractivity contribution in [2.24, 2.45) is 0 Å². The highest BCUT2D eigenvalue weighted by Gasteiger charge is 2.45. The van der Waals surface area contributed by atoms with Crippen LogP contribution in [0.25, 0.3) is 0 Å². The predicted molar refractivity (Wildman–Crippen MR) is 121 cm³/mol. The van der Waals surface area contributed by atoms with Crippen LogP contribution in [0, 0.1) is 6.92 Å². The Morgan fingerprint density at radius 2 is 1.97 bits per heavy atom. The van der Waals surface area contributed by atoms with Crippen LogP contribution in [0.3, 0.4) is 0 Å². The highest BCUT2D eigenvalue weighted by molar-refractivity contribution is 5.73. The Balaban J connectivity index is 1.37. The molecule has 8 atom stereocenters. The number of ether oxygens (including phenoxy) is 3. The summed E-state index contributed by atoms with van der Waals surface area (Å²) in [5.41, 5.74) is -0.453. The van der Waals surface area contributed by atoms with Crippen LogP contribution >= 0.6 is 0 Å². The third-order valence-electron chi connectivity index (χ3n) is 6.26. The summed E-state index contributed by atoms with van der Waals surface area (Å²) in [6.07, 6.45) is -4.54. The molecule has 1 amide bonds. The molecule has 2 aromatic heterocycles. The van der Waals surface area contributed by atoms with Gasteiger partial charge >= 0.3 is 5.69 Å². The van der Waals surface area contributed by atoms with Gasteiger partial charge in [0.25, 0.3) is 5.56 Å². The van der Waals surface area contributed by atoms with Crippen LogP contribution < -0.4 is 16.6 Å². The average molecular weight is 527 g/mol. The highest BCUT2D eigenvalue weighted by atomic mass is 16.7. The number of aliphatic hydroxyl groups excluding tert-OH is 4. The molecule has 2 aromatic rings. The summed E-state index contributed by atoms with van der Waals surface area (Å²) in [4.78, 5) is 37.5. The molecule has 0 bridgehead atoms. The van der Waals surface area contributed by atoms with E-state index in [9.17, 15) is 34.8 Å². The van der Waals surface area contributed by atoms with Crippen LogP contribution in [0.15, 0.2) is 22.0 Å². The van der Waals surface area contributed by atoms with Gasteiger partial charge in [-0.1, -0.05) is 5.21 Å². The van der Waals surface area contributed by atoms with Gasteiger partial charge in [0.2, 0.25) is 5.91 Å². The van der Waals surface area contributed by atoms with Gasteiger partial charge < -0.3 is 40.0 Å². The van der Waals surface area contributed by atoms with Gasteiger partial charge in [-0.3, -0.25) is 19.1 Å². The van der Waals surface area contributed by atoms with E-state index in [2.05, 4.69) is 20.6 Å². The van der Waals surface area contributed by atoms with Crippen molar-refractivity contribution in [3.8, 4) is 0 Å². The second kappa shape index (κ2) is 11.2. The van der Waals surface area contributed by atoms with Crippen molar-refractivity contribution in [1.29, 1.82) is 0 Å². The molecule has 4 heterocycles. The van der Waals surface area contributed by atoms with Crippen LogP contribution in [0.4, 0.5) is 0 Å². The minimum atomic E-state index is -1.44. The molecule has 0 aromatic carbocycles. The van der Waals surface area contributed by atoms with Crippen LogP contribution in [-0.4, -0.2) is 100 Å². The van der Waals surface area contributed by atoms with E-state index in [0.29, 0.717) is 11.3 Å². The first-order valence-corrected chi connectivity index (χ1v) is 11.6. The van der Waals surface area contributed by atoms with Gasteiger partial charge in [0, 0.05) is 25.1 Å². The van der Waals surface area contributed by atoms with Crippen molar-refractivity contribution in [3.05, 3.63) is 44.5 Å². The Labute approximate surface area is 209 Å². The maximum atomic E-state index is 12.1. The van der Waals surface area contributed by atoms with E-state index in [1.54, 1.807) is 6.92 Å². The molecule has 37 heavy (non-hydrogen) atoms. The minimum absolute atomic E-state index is 0.105. The molecule has 0 spiro atoms. The monoisotopic (exact) mass is 526 g/mol. The third kappa shape index (κ3) is 5.96. The van der Waals surface area contributed by atoms with E-state index >= 15 is 0 Å². The fourth-order valence-electron chi connectivity index (χ4n) is 4.31. The molecule has 16 heteroatoms. The molecule has 2 saturated heterocycles. The van der Waals surface area contributed by atoms with Crippen LogP contribution in [0.2, 0.25) is 0 Å². The quantitative estimate of drug-likeness (QED) is 0.195. The number of aryl methyl sites for hydroxylation is 1. The molecule has 4 rings (SSSR count). The summed E-state index contributed by atoms with van der Waals surface area (Å²) in [6.45, 7) is 2.17. The number of nitrogens with zero attached hydrogens (tertiary/aromatic N) is 4. The first-order chi connectivity index (χ1) is 17.6. The molecule has 0 unspecified atom stereocenters. The van der Waals surface area contributed by atoms with Gasteiger partial charge in [-0.25, -0.2) is 9.48 Å². The Hall–Kier alpha value is -2.99. The number of carbonyl (C=O) groups is 1. The van der Waals surface area contributed by atoms with Gasteiger partial charge in [-0.05, 0) is 6.92 Å². The molecule has 0 saturated carbocycles. The van der Waals surface area contributed by atoms with E-state index in [0.717, 1.165) is 0 Å². The molecule has 16 nitrogen and oxygen atoms in total. The van der Waals surface area contributed by atoms with E-state index in [1.807, 2.05) is 0 Å². The van der Waals surface area contributed by atoms with Gasteiger partial charge in [0.15, 0.2) is 6.29 Å². The van der Waals surface area contributed by atoms with Crippen molar-refractivity contribution >= 4 is 5.91 Å². The normalized spacial score (nSPS) is 31.9.